The zero-order chi connectivity index (χ0) is 10.6. The number of rotatable bonds is 4. The van der Waals surface area contributed by atoms with Crippen molar-refractivity contribution < 1.29 is 21.8 Å². The summed E-state index contributed by atoms with van der Waals surface area (Å²) >= 11 is -4.77. The number of aliphatic hydroxyl groups is 1. The predicted octanol–water partition coefficient (Wildman–Crippen LogP) is -1.38. The first-order valence-corrected chi connectivity index (χ1v) is 7.32. The number of benzene rings is 1. The number of aliphatic hydroxyl groups excluding tert-OH is 1. The van der Waals surface area contributed by atoms with Gasteiger partial charge in [0.25, 0.3) is 0 Å². The maximum absolute atomic E-state index is 10.8. The molecule has 0 bridgehead atoms. The Morgan fingerprint density at radius 1 is 1.21 bits per heavy atom. The van der Waals surface area contributed by atoms with Crippen molar-refractivity contribution in [2.75, 3.05) is 13.2 Å². The molecule has 0 aromatic heterocycles. The summed E-state index contributed by atoms with van der Waals surface area (Å²) in [6.45, 7) is 0.0737. The van der Waals surface area contributed by atoms with Crippen LogP contribution in [-0.2, 0) is 3.74 Å². The van der Waals surface area contributed by atoms with Crippen LogP contribution in [0.5, 0.6) is 5.75 Å². The fraction of sp³-hybridized carbons (Fsp3) is 0.250. The van der Waals surface area contributed by atoms with Gasteiger partial charge in [-0.15, -0.1) is 0 Å². The standard InChI is InChI=1S/C8H11AsO5/c10-5-6-14-8-3-1-7(2-4-8)9(11,12)13/h1-4,10H,5-6H2,(H2,11,12,13). The molecule has 14 heavy (non-hydrogen) atoms. The fourth-order valence-electron chi connectivity index (χ4n) is 0.900. The van der Waals surface area contributed by atoms with Crippen LogP contribution in [0.2, 0.25) is 0 Å². The van der Waals surface area contributed by atoms with Crippen LogP contribution in [0.4, 0.5) is 0 Å². The van der Waals surface area contributed by atoms with Crippen molar-refractivity contribution in [3.63, 3.8) is 0 Å². The van der Waals surface area contributed by atoms with Crippen LogP contribution in [0, 0.1) is 0 Å². The molecule has 0 saturated carbocycles. The van der Waals surface area contributed by atoms with Crippen LogP contribution >= 0.6 is 0 Å². The molecule has 0 unspecified atom stereocenters. The Bertz CT molecular complexity index is 328. The van der Waals surface area contributed by atoms with Gasteiger partial charge in [-0.2, -0.15) is 0 Å². The van der Waals surface area contributed by atoms with Crippen LogP contribution < -0.4 is 9.09 Å². The zero-order valence-electron chi connectivity index (χ0n) is 7.33. The molecule has 0 radical (unpaired) electrons. The Balaban J connectivity index is 2.74. The van der Waals surface area contributed by atoms with Gasteiger partial charge in [0.1, 0.15) is 0 Å². The van der Waals surface area contributed by atoms with E-state index < -0.39 is 14.2 Å². The Morgan fingerprint density at radius 2 is 1.79 bits per heavy atom. The number of hydrogen-bond donors (Lipinski definition) is 3. The molecule has 6 heteroatoms. The van der Waals surface area contributed by atoms with Crippen LogP contribution in [0.15, 0.2) is 24.3 Å². The van der Waals surface area contributed by atoms with E-state index in [0.29, 0.717) is 5.75 Å². The van der Waals surface area contributed by atoms with Crippen molar-refractivity contribution in [1.29, 1.82) is 0 Å². The zero-order valence-corrected chi connectivity index (χ0v) is 9.21. The summed E-state index contributed by atoms with van der Waals surface area (Å²) in [5, 5.41) is 8.46. The van der Waals surface area contributed by atoms with E-state index in [1.807, 2.05) is 0 Å². The molecule has 0 heterocycles. The summed E-state index contributed by atoms with van der Waals surface area (Å²) in [6, 6.07) is 5.58. The van der Waals surface area contributed by atoms with Crippen molar-refractivity contribution in [2.24, 2.45) is 0 Å². The molecular formula is C8H11AsO5. The second kappa shape index (κ2) is 4.66. The van der Waals surface area contributed by atoms with Crippen LogP contribution in [0.1, 0.15) is 0 Å². The summed E-state index contributed by atoms with van der Waals surface area (Å²) in [7, 11) is 0. The molecular weight excluding hydrogens is 251 g/mol. The summed E-state index contributed by atoms with van der Waals surface area (Å²) in [6.07, 6.45) is 0. The van der Waals surface area contributed by atoms with E-state index in [-0.39, 0.29) is 17.6 Å². The summed E-state index contributed by atoms with van der Waals surface area (Å²) in [5.41, 5.74) is 0. The molecule has 3 N–H and O–H groups in total. The van der Waals surface area contributed by atoms with Crippen molar-refractivity contribution in [3.05, 3.63) is 24.3 Å². The first kappa shape index (κ1) is 11.3. The average Bonchev–Trinajstić information content (AvgIpc) is 2.14. The molecule has 78 valence electrons. The van der Waals surface area contributed by atoms with Crippen molar-refractivity contribution >= 4 is 18.5 Å². The van der Waals surface area contributed by atoms with Crippen LogP contribution in [0.3, 0.4) is 0 Å². The van der Waals surface area contributed by atoms with E-state index in [9.17, 15) is 3.74 Å². The molecule has 5 nitrogen and oxygen atoms in total. The van der Waals surface area contributed by atoms with E-state index >= 15 is 0 Å². The van der Waals surface area contributed by atoms with E-state index in [1.165, 1.54) is 24.3 Å². The van der Waals surface area contributed by atoms with E-state index in [1.54, 1.807) is 0 Å². The van der Waals surface area contributed by atoms with Gasteiger partial charge in [0, 0.05) is 0 Å². The topological polar surface area (TPSA) is 87.0 Å². The molecule has 0 aliphatic rings. The molecule has 0 aliphatic heterocycles. The molecule has 1 rings (SSSR count). The normalized spacial score (nSPS) is 11.4. The second-order valence-electron chi connectivity index (χ2n) is 2.61. The van der Waals surface area contributed by atoms with Gasteiger partial charge in [0.2, 0.25) is 0 Å². The Labute approximate surface area is 84.0 Å². The van der Waals surface area contributed by atoms with Gasteiger partial charge in [0.15, 0.2) is 0 Å². The third-order valence-corrected chi connectivity index (χ3v) is 3.57. The third-order valence-electron chi connectivity index (χ3n) is 1.53. The van der Waals surface area contributed by atoms with Crippen molar-refractivity contribution in [3.8, 4) is 5.75 Å². The molecule has 0 fully saturated rings. The van der Waals surface area contributed by atoms with Gasteiger partial charge in [-0.3, -0.25) is 0 Å². The van der Waals surface area contributed by atoms with Gasteiger partial charge in [-0.1, -0.05) is 0 Å². The Kier molecular flexibility index (Phi) is 3.77. The molecule has 0 spiro atoms. The van der Waals surface area contributed by atoms with E-state index in [2.05, 4.69) is 0 Å². The van der Waals surface area contributed by atoms with E-state index in [0.717, 1.165) is 0 Å². The molecule has 0 atom stereocenters. The second-order valence-corrected chi connectivity index (χ2v) is 5.98. The molecule has 1 aromatic rings. The summed E-state index contributed by atoms with van der Waals surface area (Å²) < 4.78 is 33.6. The summed E-state index contributed by atoms with van der Waals surface area (Å²) in [5.74, 6) is 0.478. The first-order valence-electron chi connectivity index (χ1n) is 3.94. The number of ether oxygens (including phenoxy) is 1. The SMILES string of the molecule is O=[As](O)(O)c1ccc(OCCO)cc1. The maximum atomic E-state index is 10.8. The Morgan fingerprint density at radius 3 is 2.21 bits per heavy atom. The van der Waals surface area contributed by atoms with Gasteiger partial charge in [-0.05, 0) is 0 Å². The quantitative estimate of drug-likeness (QED) is 0.582. The van der Waals surface area contributed by atoms with Crippen molar-refractivity contribution in [2.45, 2.75) is 0 Å². The minimum atomic E-state index is -4.77. The van der Waals surface area contributed by atoms with Gasteiger partial charge < -0.3 is 0 Å². The third kappa shape index (κ3) is 3.19. The summed E-state index contributed by atoms with van der Waals surface area (Å²) in [4.78, 5) is 0. The Hall–Kier alpha value is -0.742. The van der Waals surface area contributed by atoms with Crippen LogP contribution in [-0.4, -0.2) is 40.7 Å². The van der Waals surface area contributed by atoms with Gasteiger partial charge in [-0.25, -0.2) is 0 Å². The van der Waals surface area contributed by atoms with E-state index in [4.69, 9.17) is 18.0 Å². The number of hydrogen-bond acceptors (Lipinski definition) is 3. The predicted molar refractivity (Wildman–Crippen MR) is 49.5 cm³/mol. The van der Waals surface area contributed by atoms with Gasteiger partial charge >= 0.3 is 83.5 Å². The first-order chi connectivity index (χ1) is 6.54. The molecule has 0 aliphatic carbocycles. The molecule has 0 saturated heterocycles. The minimum absolute atomic E-state index is 0.0134. The van der Waals surface area contributed by atoms with Gasteiger partial charge in [0.05, 0.1) is 0 Å². The molecule has 0 amide bonds. The van der Waals surface area contributed by atoms with Crippen LogP contribution in [0.25, 0.3) is 0 Å². The molecule has 1 aromatic carbocycles. The average molecular weight is 262 g/mol. The fourth-order valence-corrected chi connectivity index (χ4v) is 2.03. The van der Waals surface area contributed by atoms with Crippen molar-refractivity contribution in [1.82, 2.24) is 0 Å². The monoisotopic (exact) mass is 262 g/mol.